The molecule has 0 aromatic carbocycles. The van der Waals surface area contributed by atoms with Gasteiger partial charge in [-0.1, -0.05) is 12.8 Å². The maximum Gasteiger partial charge on any atom is 0.216 e. The predicted molar refractivity (Wildman–Crippen MR) is 47.0 cm³/mol. The van der Waals surface area contributed by atoms with Gasteiger partial charge in [-0.25, -0.2) is 4.98 Å². The van der Waals surface area contributed by atoms with Gasteiger partial charge in [-0.3, -0.25) is 0 Å². The Morgan fingerprint density at radius 2 is 2.38 bits per heavy atom. The van der Waals surface area contributed by atoms with E-state index in [1.807, 2.05) is 0 Å². The first kappa shape index (κ1) is 8.48. The molecule has 1 heterocycles. The van der Waals surface area contributed by atoms with Crippen LogP contribution in [0.5, 0.6) is 5.75 Å². The van der Waals surface area contributed by atoms with Crippen LogP contribution in [0.4, 0.5) is 4.39 Å². The summed E-state index contributed by atoms with van der Waals surface area (Å²) in [6.07, 6.45) is 5.16. The van der Waals surface area contributed by atoms with E-state index in [9.17, 15) is 4.39 Å². The number of hydrogen-bond donors (Lipinski definition) is 0. The molecule has 0 aliphatic heterocycles. The third kappa shape index (κ3) is 2.68. The summed E-state index contributed by atoms with van der Waals surface area (Å²) in [4.78, 5) is 3.45. The van der Waals surface area contributed by atoms with E-state index in [2.05, 4.69) is 4.98 Å². The molecule has 0 saturated heterocycles. The molecule has 3 heteroatoms. The van der Waals surface area contributed by atoms with Crippen LogP contribution in [0.25, 0.3) is 0 Å². The number of ether oxygens (including phenoxy) is 1. The number of hydrogen-bond acceptors (Lipinski definition) is 2. The Hall–Kier alpha value is -1.12. The molecule has 1 aromatic heterocycles. The molecule has 1 aliphatic rings. The third-order valence-corrected chi connectivity index (χ3v) is 2.19. The van der Waals surface area contributed by atoms with Gasteiger partial charge in [0.05, 0.1) is 6.61 Å². The molecule has 1 saturated carbocycles. The van der Waals surface area contributed by atoms with E-state index in [1.165, 1.54) is 25.1 Å². The monoisotopic (exact) mass is 181 g/mol. The number of aromatic nitrogens is 1. The predicted octanol–water partition coefficient (Wildman–Crippen LogP) is 2.40. The maximum atomic E-state index is 12.6. The van der Waals surface area contributed by atoms with Gasteiger partial charge in [0.2, 0.25) is 5.95 Å². The molecule has 1 fully saturated rings. The molecule has 0 spiro atoms. The zero-order valence-electron chi connectivity index (χ0n) is 7.37. The first-order chi connectivity index (χ1) is 6.34. The molecular formula is C10H12FNO. The number of halogens is 1. The van der Waals surface area contributed by atoms with E-state index >= 15 is 0 Å². The third-order valence-electron chi connectivity index (χ3n) is 2.19. The Kier molecular flexibility index (Phi) is 2.43. The van der Waals surface area contributed by atoms with E-state index < -0.39 is 5.95 Å². The van der Waals surface area contributed by atoms with Gasteiger partial charge in [-0.15, -0.1) is 0 Å². The molecule has 0 amide bonds. The Balaban J connectivity index is 1.79. The highest BCUT2D eigenvalue weighted by Crippen LogP contribution is 2.32. The number of pyridine rings is 1. The van der Waals surface area contributed by atoms with E-state index in [0.717, 1.165) is 12.3 Å². The molecule has 2 nitrogen and oxygen atoms in total. The molecular weight excluding hydrogens is 169 g/mol. The summed E-state index contributed by atoms with van der Waals surface area (Å²) in [6, 6.07) is 2.99. The Morgan fingerprint density at radius 1 is 1.54 bits per heavy atom. The fourth-order valence-electron chi connectivity index (χ4n) is 1.22. The maximum absolute atomic E-state index is 12.6. The van der Waals surface area contributed by atoms with Gasteiger partial charge < -0.3 is 4.74 Å². The van der Waals surface area contributed by atoms with Gasteiger partial charge in [0.1, 0.15) is 5.75 Å². The van der Waals surface area contributed by atoms with Crippen LogP contribution in [0.3, 0.4) is 0 Å². The zero-order valence-corrected chi connectivity index (χ0v) is 7.37. The van der Waals surface area contributed by atoms with Crippen LogP contribution in [0.15, 0.2) is 18.3 Å². The molecule has 13 heavy (non-hydrogen) atoms. The summed E-state index contributed by atoms with van der Waals surface area (Å²) < 4.78 is 17.9. The van der Waals surface area contributed by atoms with Crippen LogP contribution < -0.4 is 4.74 Å². The highest BCUT2D eigenvalue weighted by Gasteiger charge is 2.20. The van der Waals surface area contributed by atoms with Crippen molar-refractivity contribution in [1.29, 1.82) is 0 Å². The normalized spacial score (nSPS) is 15.8. The van der Waals surface area contributed by atoms with Crippen LogP contribution in [-0.4, -0.2) is 11.6 Å². The van der Waals surface area contributed by atoms with Gasteiger partial charge in [-0.05, 0) is 18.4 Å². The summed E-state index contributed by atoms with van der Waals surface area (Å²) in [5.74, 6) is 0.948. The first-order valence-electron chi connectivity index (χ1n) is 4.59. The average Bonchev–Trinajstić information content (AvgIpc) is 2.88. The Bertz CT molecular complexity index is 286. The molecule has 1 aromatic rings. The highest BCUT2D eigenvalue weighted by atomic mass is 19.1. The molecule has 2 rings (SSSR count). The summed E-state index contributed by atoms with van der Waals surface area (Å²) >= 11 is 0. The molecule has 0 bridgehead atoms. The van der Waals surface area contributed by atoms with Crippen molar-refractivity contribution in [3.63, 3.8) is 0 Å². The van der Waals surface area contributed by atoms with Crippen molar-refractivity contribution in [3.05, 3.63) is 24.3 Å². The smallest absolute Gasteiger partial charge is 0.216 e. The summed E-state index contributed by atoms with van der Waals surface area (Å²) in [5.41, 5.74) is 0. The lowest BCUT2D eigenvalue weighted by atomic mass is 10.3. The van der Waals surface area contributed by atoms with E-state index in [4.69, 9.17) is 4.74 Å². The standard InChI is InChI=1S/C10H12FNO/c11-10-7-9(3-5-12-10)13-6-4-8-1-2-8/h3,5,7-8H,1-2,4,6H2. The second-order valence-electron chi connectivity index (χ2n) is 3.39. The minimum absolute atomic E-state index is 0.482. The number of rotatable bonds is 4. The molecule has 0 N–H and O–H groups in total. The second-order valence-corrected chi connectivity index (χ2v) is 3.39. The van der Waals surface area contributed by atoms with Gasteiger partial charge in [0.15, 0.2) is 0 Å². The van der Waals surface area contributed by atoms with Crippen molar-refractivity contribution in [2.75, 3.05) is 6.61 Å². The number of nitrogens with zero attached hydrogens (tertiary/aromatic N) is 1. The van der Waals surface area contributed by atoms with Crippen LogP contribution in [0, 0.1) is 11.9 Å². The summed E-state index contributed by atoms with van der Waals surface area (Å²) in [6.45, 7) is 0.689. The van der Waals surface area contributed by atoms with Crippen LogP contribution >= 0.6 is 0 Å². The fraction of sp³-hybridized carbons (Fsp3) is 0.500. The lowest BCUT2D eigenvalue weighted by molar-refractivity contribution is 0.300. The second kappa shape index (κ2) is 3.73. The molecule has 70 valence electrons. The van der Waals surface area contributed by atoms with E-state index in [-0.39, 0.29) is 0 Å². The quantitative estimate of drug-likeness (QED) is 0.665. The highest BCUT2D eigenvalue weighted by molar-refractivity contribution is 5.17. The van der Waals surface area contributed by atoms with Crippen molar-refractivity contribution < 1.29 is 9.13 Å². The molecule has 0 unspecified atom stereocenters. The van der Waals surface area contributed by atoms with Crippen LogP contribution in [0.2, 0.25) is 0 Å². The first-order valence-corrected chi connectivity index (χ1v) is 4.59. The molecule has 0 atom stereocenters. The largest absolute Gasteiger partial charge is 0.493 e. The summed E-state index contributed by atoms with van der Waals surface area (Å²) in [5, 5.41) is 0. The van der Waals surface area contributed by atoms with E-state index in [1.54, 1.807) is 6.07 Å². The van der Waals surface area contributed by atoms with Gasteiger partial charge in [0, 0.05) is 12.3 Å². The Labute approximate surface area is 76.7 Å². The van der Waals surface area contributed by atoms with E-state index in [0.29, 0.717) is 12.4 Å². The Morgan fingerprint density at radius 3 is 3.08 bits per heavy atom. The van der Waals surface area contributed by atoms with Crippen LogP contribution in [0.1, 0.15) is 19.3 Å². The van der Waals surface area contributed by atoms with Crippen LogP contribution in [-0.2, 0) is 0 Å². The van der Waals surface area contributed by atoms with Crippen molar-refractivity contribution in [3.8, 4) is 5.75 Å². The molecule has 1 aliphatic carbocycles. The topological polar surface area (TPSA) is 22.1 Å². The SMILES string of the molecule is Fc1cc(OCCC2CC2)ccn1. The lowest BCUT2D eigenvalue weighted by Gasteiger charge is -2.04. The van der Waals surface area contributed by atoms with Crippen molar-refractivity contribution in [2.24, 2.45) is 5.92 Å². The average molecular weight is 181 g/mol. The van der Waals surface area contributed by atoms with Crippen molar-refractivity contribution in [2.45, 2.75) is 19.3 Å². The van der Waals surface area contributed by atoms with Gasteiger partial charge in [-0.2, -0.15) is 4.39 Å². The van der Waals surface area contributed by atoms with Gasteiger partial charge in [0.25, 0.3) is 0 Å². The van der Waals surface area contributed by atoms with Crippen molar-refractivity contribution in [1.82, 2.24) is 4.98 Å². The lowest BCUT2D eigenvalue weighted by Crippen LogP contribution is -1.98. The molecule has 0 radical (unpaired) electrons. The summed E-state index contributed by atoms with van der Waals surface area (Å²) in [7, 11) is 0. The zero-order chi connectivity index (χ0) is 9.10. The van der Waals surface area contributed by atoms with Gasteiger partial charge >= 0.3 is 0 Å². The minimum Gasteiger partial charge on any atom is -0.493 e. The fourth-order valence-corrected chi connectivity index (χ4v) is 1.22. The van der Waals surface area contributed by atoms with Crippen molar-refractivity contribution >= 4 is 0 Å². The minimum atomic E-state index is -0.482.